The molecule has 106 valence electrons. The van der Waals surface area contributed by atoms with Crippen molar-refractivity contribution >= 4 is 5.69 Å². The van der Waals surface area contributed by atoms with Crippen LogP contribution in [0.15, 0.2) is 24.3 Å². The standard InChI is InChI=1S/C14H18N4O2/c1-10-7-13(17(3)16-10)9-15-8-12-5-4-6-14(11(12)2)18(19)20/h4-7,15H,8-9H2,1-3H3. The highest BCUT2D eigenvalue weighted by atomic mass is 16.6. The summed E-state index contributed by atoms with van der Waals surface area (Å²) in [4.78, 5) is 10.5. The van der Waals surface area contributed by atoms with Gasteiger partial charge in [0.1, 0.15) is 0 Å². The summed E-state index contributed by atoms with van der Waals surface area (Å²) in [5.74, 6) is 0. The van der Waals surface area contributed by atoms with Crippen LogP contribution in [-0.2, 0) is 20.1 Å². The second-order valence-corrected chi connectivity index (χ2v) is 4.82. The van der Waals surface area contributed by atoms with E-state index in [4.69, 9.17) is 0 Å². The van der Waals surface area contributed by atoms with Crippen LogP contribution in [0.5, 0.6) is 0 Å². The molecule has 1 aromatic carbocycles. The van der Waals surface area contributed by atoms with Gasteiger partial charge < -0.3 is 5.32 Å². The molecule has 0 fully saturated rings. The van der Waals surface area contributed by atoms with Crippen molar-refractivity contribution in [3.8, 4) is 0 Å². The number of benzene rings is 1. The molecule has 0 spiro atoms. The largest absolute Gasteiger partial charge is 0.307 e. The molecule has 0 unspecified atom stereocenters. The quantitative estimate of drug-likeness (QED) is 0.670. The van der Waals surface area contributed by atoms with Gasteiger partial charge in [-0.1, -0.05) is 12.1 Å². The monoisotopic (exact) mass is 274 g/mol. The molecule has 0 aliphatic heterocycles. The van der Waals surface area contributed by atoms with Gasteiger partial charge >= 0.3 is 0 Å². The number of aromatic nitrogens is 2. The maximum absolute atomic E-state index is 10.9. The number of hydrogen-bond donors (Lipinski definition) is 1. The molecular weight excluding hydrogens is 256 g/mol. The molecule has 0 saturated heterocycles. The lowest BCUT2D eigenvalue weighted by Crippen LogP contribution is -2.16. The molecule has 0 bridgehead atoms. The average Bonchev–Trinajstić information content (AvgIpc) is 2.69. The van der Waals surface area contributed by atoms with Gasteiger partial charge in [-0.3, -0.25) is 14.8 Å². The van der Waals surface area contributed by atoms with Crippen molar-refractivity contribution < 1.29 is 4.92 Å². The molecule has 0 atom stereocenters. The summed E-state index contributed by atoms with van der Waals surface area (Å²) in [6.45, 7) is 5.01. The van der Waals surface area contributed by atoms with Crippen molar-refractivity contribution in [1.82, 2.24) is 15.1 Å². The number of rotatable bonds is 5. The Hall–Kier alpha value is -2.21. The zero-order valence-corrected chi connectivity index (χ0v) is 11.9. The highest BCUT2D eigenvalue weighted by Gasteiger charge is 2.12. The summed E-state index contributed by atoms with van der Waals surface area (Å²) in [7, 11) is 1.91. The van der Waals surface area contributed by atoms with E-state index < -0.39 is 0 Å². The van der Waals surface area contributed by atoms with Gasteiger partial charge in [0, 0.05) is 31.8 Å². The van der Waals surface area contributed by atoms with Crippen molar-refractivity contribution in [2.45, 2.75) is 26.9 Å². The Morgan fingerprint density at radius 1 is 1.35 bits per heavy atom. The van der Waals surface area contributed by atoms with Gasteiger partial charge in [-0.25, -0.2) is 0 Å². The summed E-state index contributed by atoms with van der Waals surface area (Å²) >= 11 is 0. The van der Waals surface area contributed by atoms with E-state index in [-0.39, 0.29) is 10.6 Å². The first kappa shape index (κ1) is 14.2. The summed E-state index contributed by atoms with van der Waals surface area (Å²) in [5, 5.41) is 18.5. The van der Waals surface area contributed by atoms with Crippen molar-refractivity contribution in [3.63, 3.8) is 0 Å². The lowest BCUT2D eigenvalue weighted by atomic mass is 10.1. The second-order valence-electron chi connectivity index (χ2n) is 4.82. The van der Waals surface area contributed by atoms with E-state index in [9.17, 15) is 10.1 Å². The molecule has 1 aromatic heterocycles. The average molecular weight is 274 g/mol. The Morgan fingerprint density at radius 3 is 2.70 bits per heavy atom. The van der Waals surface area contributed by atoms with Crippen LogP contribution in [0, 0.1) is 24.0 Å². The normalized spacial score (nSPS) is 10.8. The van der Waals surface area contributed by atoms with E-state index in [1.54, 1.807) is 13.0 Å². The Balaban J connectivity index is 2.03. The summed E-state index contributed by atoms with van der Waals surface area (Å²) in [6, 6.07) is 7.18. The molecule has 20 heavy (non-hydrogen) atoms. The minimum absolute atomic E-state index is 0.167. The predicted molar refractivity (Wildman–Crippen MR) is 76.3 cm³/mol. The molecule has 0 aliphatic carbocycles. The van der Waals surface area contributed by atoms with Crippen LogP contribution < -0.4 is 5.32 Å². The van der Waals surface area contributed by atoms with Gasteiger partial charge in [0.25, 0.3) is 5.69 Å². The first-order chi connectivity index (χ1) is 9.49. The van der Waals surface area contributed by atoms with E-state index in [1.165, 1.54) is 6.07 Å². The van der Waals surface area contributed by atoms with Crippen molar-refractivity contribution in [1.29, 1.82) is 0 Å². The lowest BCUT2D eigenvalue weighted by molar-refractivity contribution is -0.385. The van der Waals surface area contributed by atoms with Crippen LogP contribution >= 0.6 is 0 Å². The van der Waals surface area contributed by atoms with Crippen molar-refractivity contribution in [2.75, 3.05) is 0 Å². The smallest absolute Gasteiger partial charge is 0.272 e. The SMILES string of the molecule is Cc1cc(CNCc2cccc([N+](=O)[O-])c2C)n(C)n1. The molecule has 0 radical (unpaired) electrons. The summed E-state index contributed by atoms with van der Waals surface area (Å²) in [5.41, 5.74) is 3.89. The zero-order valence-electron chi connectivity index (χ0n) is 11.9. The van der Waals surface area contributed by atoms with Crippen LogP contribution in [0.25, 0.3) is 0 Å². The number of nitro benzene ring substituents is 1. The van der Waals surface area contributed by atoms with E-state index in [0.717, 1.165) is 17.0 Å². The van der Waals surface area contributed by atoms with Gasteiger partial charge in [0.15, 0.2) is 0 Å². The molecule has 2 aromatic rings. The Bertz CT molecular complexity index is 634. The zero-order chi connectivity index (χ0) is 14.7. The maximum atomic E-state index is 10.9. The van der Waals surface area contributed by atoms with Crippen LogP contribution in [0.4, 0.5) is 5.69 Å². The highest BCUT2D eigenvalue weighted by Crippen LogP contribution is 2.20. The van der Waals surface area contributed by atoms with E-state index in [0.29, 0.717) is 18.7 Å². The first-order valence-corrected chi connectivity index (χ1v) is 6.42. The fourth-order valence-electron chi connectivity index (χ4n) is 2.21. The number of nitro groups is 1. The first-order valence-electron chi connectivity index (χ1n) is 6.42. The van der Waals surface area contributed by atoms with Crippen LogP contribution in [0.1, 0.15) is 22.5 Å². The van der Waals surface area contributed by atoms with E-state index in [2.05, 4.69) is 10.4 Å². The number of aryl methyl sites for hydroxylation is 2. The van der Waals surface area contributed by atoms with E-state index >= 15 is 0 Å². The van der Waals surface area contributed by atoms with Crippen LogP contribution in [0.3, 0.4) is 0 Å². The minimum Gasteiger partial charge on any atom is -0.307 e. The number of hydrogen-bond acceptors (Lipinski definition) is 4. The fourth-order valence-corrected chi connectivity index (χ4v) is 2.21. The van der Waals surface area contributed by atoms with Gasteiger partial charge in [-0.05, 0) is 25.5 Å². The molecule has 2 rings (SSSR count). The predicted octanol–water partition coefficient (Wildman–Crippen LogP) is 2.23. The molecule has 0 aliphatic rings. The number of nitrogens with one attached hydrogen (secondary N) is 1. The fraction of sp³-hybridized carbons (Fsp3) is 0.357. The Labute approximate surface area is 117 Å². The molecule has 1 heterocycles. The molecular formula is C14H18N4O2. The number of nitrogens with zero attached hydrogens (tertiary/aromatic N) is 3. The minimum atomic E-state index is -0.344. The molecule has 0 amide bonds. The Kier molecular flexibility index (Phi) is 4.14. The van der Waals surface area contributed by atoms with Gasteiger partial charge in [0.05, 0.1) is 16.3 Å². The summed E-state index contributed by atoms with van der Waals surface area (Å²) < 4.78 is 1.84. The molecule has 6 nitrogen and oxygen atoms in total. The van der Waals surface area contributed by atoms with Crippen LogP contribution in [-0.4, -0.2) is 14.7 Å². The molecule has 6 heteroatoms. The van der Waals surface area contributed by atoms with E-state index in [1.807, 2.05) is 30.8 Å². The molecule has 1 N–H and O–H groups in total. The van der Waals surface area contributed by atoms with Crippen molar-refractivity contribution in [2.24, 2.45) is 7.05 Å². The van der Waals surface area contributed by atoms with Crippen LogP contribution in [0.2, 0.25) is 0 Å². The lowest BCUT2D eigenvalue weighted by Gasteiger charge is -2.08. The highest BCUT2D eigenvalue weighted by molar-refractivity contribution is 5.44. The third-order valence-corrected chi connectivity index (χ3v) is 3.33. The second kappa shape index (κ2) is 5.83. The van der Waals surface area contributed by atoms with Gasteiger partial charge in [-0.2, -0.15) is 5.10 Å². The summed E-state index contributed by atoms with van der Waals surface area (Å²) in [6.07, 6.45) is 0. The third-order valence-electron chi connectivity index (χ3n) is 3.33. The molecule has 0 saturated carbocycles. The Morgan fingerprint density at radius 2 is 2.10 bits per heavy atom. The topological polar surface area (TPSA) is 73.0 Å². The van der Waals surface area contributed by atoms with Crippen molar-refractivity contribution in [3.05, 3.63) is 56.9 Å². The third kappa shape index (κ3) is 3.03. The van der Waals surface area contributed by atoms with Gasteiger partial charge in [0.2, 0.25) is 0 Å². The van der Waals surface area contributed by atoms with Gasteiger partial charge in [-0.15, -0.1) is 0 Å². The maximum Gasteiger partial charge on any atom is 0.272 e.